The number of nitrogens with one attached hydrogen (secondary N) is 1. The zero-order valence-electron chi connectivity index (χ0n) is 12.0. The lowest BCUT2D eigenvalue weighted by atomic mass is 10.0. The number of aromatic nitrogens is 1. The van der Waals surface area contributed by atoms with Gasteiger partial charge in [-0.2, -0.15) is 0 Å². The maximum Gasteiger partial charge on any atom is 0.192 e. The molecule has 1 heterocycles. The highest BCUT2D eigenvalue weighted by atomic mass is 16.3. The number of hydrogen-bond acceptors (Lipinski definition) is 4. The minimum atomic E-state index is -0.0706. The molecule has 0 aliphatic heterocycles. The predicted molar refractivity (Wildman–Crippen MR) is 78.0 cm³/mol. The molecule has 0 atom stereocenters. The molecule has 0 amide bonds. The molecule has 4 nitrogen and oxygen atoms in total. The number of aryl methyl sites for hydroxylation is 1. The largest absolute Gasteiger partial charge is 0.441 e. The fourth-order valence-electron chi connectivity index (χ4n) is 2.10. The molecule has 4 heteroatoms. The standard InChI is InChI=1S/C15H23N3O/c1-11-18-13-9-12(5-6-14(13)19-11)10-17-8-4-7-15(2,3)16/h5-6,9,17H,4,7-8,10,16H2,1-3H3. The Bertz CT molecular complexity index is 540. The Kier molecular flexibility index (Phi) is 4.22. The van der Waals surface area contributed by atoms with Crippen molar-refractivity contribution >= 4 is 11.1 Å². The molecule has 0 unspecified atom stereocenters. The van der Waals surface area contributed by atoms with Gasteiger partial charge in [-0.05, 0) is 50.9 Å². The van der Waals surface area contributed by atoms with Crippen molar-refractivity contribution in [3.05, 3.63) is 29.7 Å². The summed E-state index contributed by atoms with van der Waals surface area (Å²) in [4.78, 5) is 4.34. The number of oxazole rings is 1. The second kappa shape index (κ2) is 5.72. The van der Waals surface area contributed by atoms with E-state index in [1.165, 1.54) is 5.56 Å². The summed E-state index contributed by atoms with van der Waals surface area (Å²) in [5.74, 6) is 0.713. The van der Waals surface area contributed by atoms with Gasteiger partial charge in [-0.3, -0.25) is 0 Å². The average Bonchev–Trinajstić information content (AvgIpc) is 2.66. The van der Waals surface area contributed by atoms with E-state index < -0.39 is 0 Å². The normalized spacial score (nSPS) is 12.2. The second-order valence-corrected chi connectivity index (χ2v) is 5.80. The molecule has 0 bridgehead atoms. The van der Waals surface area contributed by atoms with E-state index in [9.17, 15) is 0 Å². The molecule has 1 aromatic heterocycles. The van der Waals surface area contributed by atoms with Crippen LogP contribution in [0.3, 0.4) is 0 Å². The van der Waals surface area contributed by atoms with Crippen LogP contribution in [-0.4, -0.2) is 17.1 Å². The van der Waals surface area contributed by atoms with Gasteiger partial charge < -0.3 is 15.5 Å². The molecule has 0 saturated heterocycles. The summed E-state index contributed by atoms with van der Waals surface area (Å²) in [6, 6.07) is 6.13. The molecule has 0 saturated carbocycles. The summed E-state index contributed by atoms with van der Waals surface area (Å²) < 4.78 is 5.46. The SMILES string of the molecule is Cc1nc2cc(CNCCCC(C)(C)N)ccc2o1. The van der Waals surface area contributed by atoms with E-state index in [0.717, 1.165) is 37.0 Å². The van der Waals surface area contributed by atoms with Crippen molar-refractivity contribution in [1.29, 1.82) is 0 Å². The molecule has 2 rings (SSSR count). The van der Waals surface area contributed by atoms with Gasteiger partial charge in [-0.1, -0.05) is 6.07 Å². The Morgan fingerprint density at radius 1 is 1.37 bits per heavy atom. The van der Waals surface area contributed by atoms with Crippen molar-refractivity contribution in [2.75, 3.05) is 6.54 Å². The third kappa shape index (κ3) is 4.33. The fraction of sp³-hybridized carbons (Fsp3) is 0.533. The van der Waals surface area contributed by atoms with Crippen LogP contribution in [0.4, 0.5) is 0 Å². The molecule has 0 spiro atoms. The molecule has 104 valence electrons. The van der Waals surface area contributed by atoms with Gasteiger partial charge in [0.15, 0.2) is 11.5 Å². The third-order valence-corrected chi connectivity index (χ3v) is 3.06. The van der Waals surface area contributed by atoms with Crippen molar-refractivity contribution in [3.8, 4) is 0 Å². The first kappa shape index (κ1) is 14.0. The first-order valence-corrected chi connectivity index (χ1v) is 6.80. The zero-order chi connectivity index (χ0) is 13.9. The summed E-state index contributed by atoms with van der Waals surface area (Å²) in [5.41, 5.74) is 8.89. The van der Waals surface area contributed by atoms with Gasteiger partial charge in [0, 0.05) is 19.0 Å². The number of fused-ring (bicyclic) bond motifs is 1. The van der Waals surface area contributed by atoms with Crippen LogP contribution in [0.15, 0.2) is 22.6 Å². The van der Waals surface area contributed by atoms with Crippen molar-refractivity contribution < 1.29 is 4.42 Å². The van der Waals surface area contributed by atoms with E-state index in [1.807, 2.05) is 13.0 Å². The van der Waals surface area contributed by atoms with Gasteiger partial charge >= 0.3 is 0 Å². The Morgan fingerprint density at radius 2 is 2.16 bits per heavy atom. The van der Waals surface area contributed by atoms with Gasteiger partial charge in [-0.15, -0.1) is 0 Å². The van der Waals surface area contributed by atoms with E-state index in [1.54, 1.807) is 0 Å². The van der Waals surface area contributed by atoms with Gasteiger partial charge in [-0.25, -0.2) is 4.98 Å². The monoisotopic (exact) mass is 261 g/mol. The highest BCUT2D eigenvalue weighted by molar-refractivity contribution is 5.73. The summed E-state index contributed by atoms with van der Waals surface area (Å²) >= 11 is 0. The van der Waals surface area contributed by atoms with Gasteiger partial charge in [0.1, 0.15) is 5.52 Å². The highest BCUT2D eigenvalue weighted by Gasteiger charge is 2.09. The molecule has 19 heavy (non-hydrogen) atoms. The van der Waals surface area contributed by atoms with E-state index >= 15 is 0 Å². The molecule has 0 fully saturated rings. The molecular formula is C15H23N3O. The minimum absolute atomic E-state index is 0.0706. The summed E-state index contributed by atoms with van der Waals surface area (Å²) in [7, 11) is 0. The number of nitrogens with two attached hydrogens (primary N) is 1. The first-order valence-electron chi connectivity index (χ1n) is 6.80. The van der Waals surface area contributed by atoms with E-state index in [2.05, 4.69) is 36.3 Å². The van der Waals surface area contributed by atoms with E-state index in [-0.39, 0.29) is 5.54 Å². The number of nitrogens with zero attached hydrogens (tertiary/aromatic N) is 1. The lowest BCUT2D eigenvalue weighted by molar-refractivity contribution is 0.448. The lowest BCUT2D eigenvalue weighted by Crippen LogP contribution is -2.32. The maximum atomic E-state index is 5.95. The molecule has 2 aromatic rings. The quantitative estimate of drug-likeness (QED) is 0.785. The predicted octanol–water partition coefficient (Wildman–Crippen LogP) is 2.74. The minimum Gasteiger partial charge on any atom is -0.441 e. The lowest BCUT2D eigenvalue weighted by Gasteiger charge is -2.17. The van der Waals surface area contributed by atoms with Crippen LogP contribution in [-0.2, 0) is 6.54 Å². The van der Waals surface area contributed by atoms with Crippen LogP contribution >= 0.6 is 0 Å². The molecule has 0 aliphatic carbocycles. The third-order valence-electron chi connectivity index (χ3n) is 3.06. The van der Waals surface area contributed by atoms with Gasteiger partial charge in [0.05, 0.1) is 0 Å². The van der Waals surface area contributed by atoms with Crippen molar-refractivity contribution in [1.82, 2.24) is 10.3 Å². The Labute approximate surface area is 114 Å². The highest BCUT2D eigenvalue weighted by Crippen LogP contribution is 2.16. The molecule has 1 aromatic carbocycles. The smallest absolute Gasteiger partial charge is 0.192 e. The Balaban J connectivity index is 1.81. The fourth-order valence-corrected chi connectivity index (χ4v) is 2.10. The molecule has 0 aliphatic rings. The first-order chi connectivity index (χ1) is 8.94. The van der Waals surface area contributed by atoms with Crippen LogP contribution in [0.5, 0.6) is 0 Å². The number of hydrogen-bond donors (Lipinski definition) is 2. The number of benzene rings is 1. The van der Waals surface area contributed by atoms with E-state index in [0.29, 0.717) is 5.89 Å². The molecular weight excluding hydrogens is 238 g/mol. The van der Waals surface area contributed by atoms with Gasteiger partial charge in [0.2, 0.25) is 0 Å². The van der Waals surface area contributed by atoms with Crippen molar-refractivity contribution in [2.45, 2.75) is 45.7 Å². The van der Waals surface area contributed by atoms with Crippen LogP contribution in [0.2, 0.25) is 0 Å². The topological polar surface area (TPSA) is 64.1 Å². The Hall–Kier alpha value is -1.39. The zero-order valence-corrected chi connectivity index (χ0v) is 12.0. The number of rotatable bonds is 6. The second-order valence-electron chi connectivity index (χ2n) is 5.80. The van der Waals surface area contributed by atoms with E-state index in [4.69, 9.17) is 10.2 Å². The van der Waals surface area contributed by atoms with Crippen LogP contribution < -0.4 is 11.1 Å². The summed E-state index contributed by atoms with van der Waals surface area (Å²) in [6.07, 6.45) is 2.12. The van der Waals surface area contributed by atoms with Crippen LogP contribution in [0.25, 0.3) is 11.1 Å². The maximum absolute atomic E-state index is 5.95. The summed E-state index contributed by atoms with van der Waals surface area (Å²) in [6.45, 7) is 7.83. The van der Waals surface area contributed by atoms with Crippen molar-refractivity contribution in [2.24, 2.45) is 5.73 Å². The van der Waals surface area contributed by atoms with Crippen LogP contribution in [0.1, 0.15) is 38.1 Å². The van der Waals surface area contributed by atoms with Gasteiger partial charge in [0.25, 0.3) is 0 Å². The van der Waals surface area contributed by atoms with Crippen molar-refractivity contribution in [3.63, 3.8) is 0 Å². The molecule has 3 N–H and O–H groups in total. The average molecular weight is 261 g/mol. The van der Waals surface area contributed by atoms with Crippen LogP contribution in [0, 0.1) is 6.92 Å². The summed E-state index contributed by atoms with van der Waals surface area (Å²) in [5, 5.41) is 3.43. The Morgan fingerprint density at radius 3 is 2.89 bits per heavy atom. The molecule has 0 radical (unpaired) electrons.